The van der Waals surface area contributed by atoms with Gasteiger partial charge < -0.3 is 10.4 Å². The number of carbonyl (C=O) groups excluding carboxylic acids is 1. The zero-order chi connectivity index (χ0) is 19.3. The Balaban J connectivity index is 1.58. The van der Waals surface area contributed by atoms with Gasteiger partial charge in [-0.15, -0.1) is 11.8 Å². The minimum Gasteiger partial charge on any atom is -0.507 e. The van der Waals surface area contributed by atoms with E-state index in [-0.39, 0.29) is 17.2 Å². The Bertz CT molecular complexity index is 1110. The van der Waals surface area contributed by atoms with Gasteiger partial charge in [-0.2, -0.15) is 0 Å². The second kappa shape index (κ2) is 8.19. The topological polar surface area (TPSA) is 49.3 Å². The maximum atomic E-state index is 12.6. The van der Waals surface area contributed by atoms with Crippen molar-refractivity contribution in [3.05, 3.63) is 102 Å². The molecule has 4 rings (SSSR count). The molecule has 0 spiro atoms. The smallest absolute Gasteiger partial charge is 0.259 e. The largest absolute Gasteiger partial charge is 0.507 e. The van der Waals surface area contributed by atoms with Gasteiger partial charge in [-0.1, -0.05) is 54.6 Å². The quantitative estimate of drug-likeness (QED) is 0.409. The lowest BCUT2D eigenvalue weighted by molar-refractivity contribution is 0.102. The number of para-hydroxylation sites is 1. The number of anilines is 1. The molecule has 0 aliphatic carbocycles. The molecule has 4 heteroatoms. The monoisotopic (exact) mass is 385 g/mol. The van der Waals surface area contributed by atoms with Crippen molar-refractivity contribution in [3.63, 3.8) is 0 Å². The highest BCUT2D eigenvalue weighted by atomic mass is 32.2. The number of aromatic hydroxyl groups is 1. The van der Waals surface area contributed by atoms with Crippen LogP contribution in [-0.4, -0.2) is 11.0 Å². The summed E-state index contributed by atoms with van der Waals surface area (Å²) >= 11 is 1.75. The number of thioether (sulfide) groups is 1. The van der Waals surface area contributed by atoms with Crippen molar-refractivity contribution in [2.24, 2.45) is 0 Å². The van der Waals surface area contributed by atoms with Crippen molar-refractivity contribution < 1.29 is 9.90 Å². The number of carbonyl (C=O) groups is 1. The molecule has 0 unspecified atom stereocenters. The minimum atomic E-state index is -0.326. The van der Waals surface area contributed by atoms with E-state index in [0.29, 0.717) is 5.69 Å². The summed E-state index contributed by atoms with van der Waals surface area (Å²) in [6, 6.07) is 29.0. The van der Waals surface area contributed by atoms with Gasteiger partial charge in [-0.25, -0.2) is 0 Å². The summed E-state index contributed by atoms with van der Waals surface area (Å²) in [5.74, 6) is 0.532. The van der Waals surface area contributed by atoms with Gasteiger partial charge in [-0.05, 0) is 52.7 Å². The van der Waals surface area contributed by atoms with Crippen LogP contribution in [0.3, 0.4) is 0 Å². The Labute approximate surface area is 168 Å². The molecule has 0 heterocycles. The molecule has 0 saturated carbocycles. The summed E-state index contributed by atoms with van der Waals surface area (Å²) in [7, 11) is 0. The second-order valence-electron chi connectivity index (χ2n) is 6.47. The van der Waals surface area contributed by atoms with Crippen molar-refractivity contribution >= 4 is 34.1 Å². The molecule has 138 valence electrons. The van der Waals surface area contributed by atoms with Crippen molar-refractivity contribution in [2.75, 3.05) is 5.32 Å². The fraction of sp³-hybridized carbons (Fsp3) is 0.0417. The average molecular weight is 385 g/mol. The highest BCUT2D eigenvalue weighted by molar-refractivity contribution is 7.98. The number of hydrogen-bond donors (Lipinski definition) is 2. The number of rotatable bonds is 5. The summed E-state index contributed by atoms with van der Waals surface area (Å²) in [5.41, 5.74) is 2.22. The van der Waals surface area contributed by atoms with Gasteiger partial charge >= 0.3 is 0 Å². The number of amides is 1. The Morgan fingerprint density at radius 3 is 2.29 bits per heavy atom. The molecule has 4 aromatic rings. The van der Waals surface area contributed by atoms with Gasteiger partial charge in [0.05, 0.1) is 5.56 Å². The third kappa shape index (κ3) is 4.18. The van der Waals surface area contributed by atoms with E-state index in [2.05, 4.69) is 23.5 Å². The number of phenolic OH excluding ortho intramolecular Hbond substituents is 1. The first-order valence-electron chi connectivity index (χ1n) is 8.99. The van der Waals surface area contributed by atoms with Crippen LogP contribution in [0.5, 0.6) is 5.75 Å². The molecule has 4 aromatic carbocycles. The minimum absolute atomic E-state index is 0.0226. The van der Waals surface area contributed by atoms with Crippen molar-refractivity contribution in [1.29, 1.82) is 0 Å². The first-order chi connectivity index (χ1) is 13.7. The molecule has 0 atom stereocenters. The molecular formula is C24H19NO2S. The maximum Gasteiger partial charge on any atom is 0.259 e. The maximum absolute atomic E-state index is 12.6. The van der Waals surface area contributed by atoms with E-state index < -0.39 is 0 Å². The van der Waals surface area contributed by atoms with Gasteiger partial charge in [-0.3, -0.25) is 4.79 Å². The van der Waals surface area contributed by atoms with Crippen LogP contribution in [0.2, 0.25) is 0 Å². The predicted molar refractivity (Wildman–Crippen MR) is 116 cm³/mol. The molecule has 3 nitrogen and oxygen atoms in total. The van der Waals surface area contributed by atoms with Gasteiger partial charge in [0.1, 0.15) is 5.75 Å². The summed E-state index contributed by atoms with van der Waals surface area (Å²) in [6.45, 7) is 0. The Kier molecular flexibility index (Phi) is 5.31. The Morgan fingerprint density at radius 2 is 1.54 bits per heavy atom. The fourth-order valence-electron chi connectivity index (χ4n) is 3.00. The van der Waals surface area contributed by atoms with Crippen LogP contribution in [0.25, 0.3) is 10.8 Å². The molecule has 0 aliphatic rings. The van der Waals surface area contributed by atoms with E-state index >= 15 is 0 Å². The average Bonchev–Trinajstić information content (AvgIpc) is 2.73. The molecular weight excluding hydrogens is 366 g/mol. The molecule has 1 amide bonds. The van der Waals surface area contributed by atoms with Crippen molar-refractivity contribution in [2.45, 2.75) is 10.6 Å². The van der Waals surface area contributed by atoms with Gasteiger partial charge in [0, 0.05) is 16.3 Å². The first-order valence-corrected chi connectivity index (χ1v) is 9.97. The second-order valence-corrected chi connectivity index (χ2v) is 7.52. The lowest BCUT2D eigenvalue weighted by Gasteiger charge is -2.10. The predicted octanol–water partition coefficient (Wildman–Crippen LogP) is 6.09. The third-order valence-electron chi connectivity index (χ3n) is 4.45. The van der Waals surface area contributed by atoms with E-state index in [0.717, 1.165) is 21.4 Å². The van der Waals surface area contributed by atoms with E-state index in [1.54, 1.807) is 23.9 Å². The van der Waals surface area contributed by atoms with Gasteiger partial charge in [0.25, 0.3) is 5.91 Å². The van der Waals surface area contributed by atoms with Crippen LogP contribution in [0.4, 0.5) is 5.69 Å². The number of hydrogen-bond acceptors (Lipinski definition) is 3. The molecule has 0 saturated heterocycles. The number of nitrogens with one attached hydrogen (secondary N) is 1. The highest BCUT2D eigenvalue weighted by Gasteiger charge is 2.13. The lowest BCUT2D eigenvalue weighted by Crippen LogP contribution is -2.12. The van der Waals surface area contributed by atoms with E-state index in [9.17, 15) is 9.90 Å². The van der Waals surface area contributed by atoms with Crippen molar-refractivity contribution in [3.8, 4) is 5.75 Å². The number of benzene rings is 4. The molecule has 0 aromatic heterocycles. The van der Waals surface area contributed by atoms with E-state index in [4.69, 9.17) is 0 Å². The summed E-state index contributed by atoms with van der Waals surface area (Å²) in [6.07, 6.45) is 0. The molecule has 0 radical (unpaired) electrons. The van der Waals surface area contributed by atoms with Crippen LogP contribution >= 0.6 is 11.8 Å². The first kappa shape index (κ1) is 18.1. The number of fused-ring (bicyclic) bond motifs is 1. The molecule has 0 aliphatic heterocycles. The lowest BCUT2D eigenvalue weighted by atomic mass is 10.1. The highest BCUT2D eigenvalue weighted by Crippen LogP contribution is 2.30. The van der Waals surface area contributed by atoms with Crippen LogP contribution in [-0.2, 0) is 5.75 Å². The molecule has 0 bridgehead atoms. The number of phenols is 1. The van der Waals surface area contributed by atoms with Crippen molar-refractivity contribution in [1.82, 2.24) is 0 Å². The summed E-state index contributed by atoms with van der Waals surface area (Å²) < 4.78 is 0. The zero-order valence-electron chi connectivity index (χ0n) is 15.1. The van der Waals surface area contributed by atoms with Gasteiger partial charge in [0.15, 0.2) is 0 Å². The molecule has 0 fully saturated rings. The normalized spacial score (nSPS) is 10.7. The standard InChI is InChI=1S/C24H19NO2S/c26-23-15-18-11-12-21(28-16-17-7-3-1-4-8-17)13-19(18)14-22(23)24(27)25-20-9-5-2-6-10-20/h1-15,26H,16H2,(H,25,27). The molecule has 2 N–H and O–H groups in total. The summed E-state index contributed by atoms with van der Waals surface area (Å²) in [5, 5.41) is 15.0. The Hall–Kier alpha value is -3.24. The van der Waals surface area contributed by atoms with Crippen LogP contribution in [0, 0.1) is 0 Å². The van der Waals surface area contributed by atoms with Gasteiger partial charge in [0.2, 0.25) is 0 Å². The Morgan fingerprint density at radius 1 is 0.821 bits per heavy atom. The van der Waals surface area contributed by atoms with E-state index in [1.807, 2.05) is 60.7 Å². The third-order valence-corrected chi connectivity index (χ3v) is 5.52. The van der Waals surface area contributed by atoms with Crippen LogP contribution in [0.15, 0.2) is 95.9 Å². The van der Waals surface area contributed by atoms with Crippen LogP contribution < -0.4 is 5.32 Å². The van der Waals surface area contributed by atoms with E-state index in [1.165, 1.54) is 5.56 Å². The molecule has 28 heavy (non-hydrogen) atoms. The SMILES string of the molecule is O=C(Nc1ccccc1)c1cc2cc(SCc3ccccc3)ccc2cc1O. The zero-order valence-corrected chi connectivity index (χ0v) is 15.9. The summed E-state index contributed by atoms with van der Waals surface area (Å²) in [4.78, 5) is 13.7. The van der Waals surface area contributed by atoms with Crippen LogP contribution in [0.1, 0.15) is 15.9 Å². The fourth-order valence-corrected chi connectivity index (χ4v) is 3.90.